The Hall–Kier alpha value is -1.11. The molecule has 0 aromatic heterocycles. The Kier molecular flexibility index (Phi) is 4.79. The summed E-state index contributed by atoms with van der Waals surface area (Å²) in [5.74, 6) is -0.0800. The molecule has 0 bridgehead atoms. The first-order valence-corrected chi connectivity index (χ1v) is 6.92. The summed E-state index contributed by atoms with van der Waals surface area (Å²) in [5.41, 5.74) is 1.67. The monoisotopic (exact) mass is 328 g/mol. The fraction of sp³-hybridized carbons (Fsp3) is 0.462. The van der Waals surface area contributed by atoms with Crippen LogP contribution >= 0.6 is 15.9 Å². The van der Waals surface area contributed by atoms with Crippen LogP contribution in [0.25, 0.3) is 0 Å². The van der Waals surface area contributed by atoms with E-state index in [0.29, 0.717) is 19.8 Å². The molecule has 2 N–H and O–H groups in total. The number of anilines is 1. The molecule has 104 valence electrons. The number of carbonyl (C=O) groups excluding carboxylic acids is 1. The zero-order valence-electron chi connectivity index (χ0n) is 10.7. The first-order chi connectivity index (χ1) is 9.17. The number of carbonyl (C=O) groups is 1. The number of aliphatic hydroxyl groups excluding tert-OH is 1. The van der Waals surface area contributed by atoms with Gasteiger partial charge in [0.2, 0.25) is 5.91 Å². The predicted octanol–water partition coefficient (Wildman–Crippen LogP) is 0.893. The second-order valence-electron chi connectivity index (χ2n) is 4.33. The quantitative estimate of drug-likeness (QED) is 0.865. The van der Waals surface area contributed by atoms with E-state index < -0.39 is 0 Å². The summed E-state index contributed by atoms with van der Waals surface area (Å²) in [6, 6.07) is 5.30. The number of halogens is 1. The van der Waals surface area contributed by atoms with Crippen molar-refractivity contribution in [2.45, 2.75) is 12.6 Å². The van der Waals surface area contributed by atoms with Gasteiger partial charge in [0.1, 0.15) is 6.04 Å². The number of morpholine rings is 1. The van der Waals surface area contributed by atoms with Gasteiger partial charge in [0.25, 0.3) is 0 Å². The van der Waals surface area contributed by atoms with Gasteiger partial charge in [0.05, 0.1) is 19.8 Å². The highest BCUT2D eigenvalue weighted by molar-refractivity contribution is 9.10. The van der Waals surface area contributed by atoms with Crippen LogP contribution in [0.1, 0.15) is 5.56 Å². The Balaban J connectivity index is 2.36. The largest absolute Gasteiger partial charge is 0.392 e. The Morgan fingerprint density at radius 2 is 2.42 bits per heavy atom. The lowest BCUT2D eigenvalue weighted by Crippen LogP contribution is -2.53. The van der Waals surface area contributed by atoms with E-state index in [4.69, 9.17) is 4.74 Å². The number of likely N-dealkylation sites (N-methyl/N-ethyl adjacent to an activating group) is 1. The number of aliphatic hydroxyl groups is 1. The molecule has 19 heavy (non-hydrogen) atoms. The molecule has 1 aliphatic heterocycles. The van der Waals surface area contributed by atoms with Gasteiger partial charge in [-0.3, -0.25) is 4.79 Å². The van der Waals surface area contributed by atoms with E-state index in [-0.39, 0.29) is 18.6 Å². The van der Waals surface area contributed by atoms with Crippen molar-refractivity contribution in [1.82, 2.24) is 5.32 Å². The summed E-state index contributed by atoms with van der Waals surface area (Å²) in [5, 5.41) is 12.1. The SMILES string of the molecule is CNC(=O)C1COCCN1c1cc(Br)ccc1CO. The van der Waals surface area contributed by atoms with Crippen LogP contribution in [0.15, 0.2) is 22.7 Å². The van der Waals surface area contributed by atoms with Crippen molar-refractivity contribution in [2.24, 2.45) is 0 Å². The minimum Gasteiger partial charge on any atom is -0.392 e. The third-order valence-corrected chi connectivity index (χ3v) is 3.70. The fourth-order valence-electron chi connectivity index (χ4n) is 2.21. The average Bonchev–Trinajstić information content (AvgIpc) is 2.46. The van der Waals surface area contributed by atoms with Gasteiger partial charge >= 0.3 is 0 Å². The smallest absolute Gasteiger partial charge is 0.244 e. The van der Waals surface area contributed by atoms with Crippen LogP contribution in [0.3, 0.4) is 0 Å². The van der Waals surface area contributed by atoms with Crippen LogP contribution < -0.4 is 10.2 Å². The van der Waals surface area contributed by atoms with Crippen LogP contribution in [-0.2, 0) is 16.1 Å². The fourth-order valence-corrected chi connectivity index (χ4v) is 2.56. The van der Waals surface area contributed by atoms with Crippen LogP contribution in [0, 0.1) is 0 Å². The summed E-state index contributed by atoms with van der Waals surface area (Å²) in [7, 11) is 1.61. The molecule has 1 aliphatic rings. The first kappa shape index (κ1) is 14.3. The molecule has 1 unspecified atom stereocenters. The lowest BCUT2D eigenvalue weighted by Gasteiger charge is -2.37. The molecule has 1 saturated heterocycles. The van der Waals surface area contributed by atoms with E-state index in [2.05, 4.69) is 21.2 Å². The summed E-state index contributed by atoms with van der Waals surface area (Å²) < 4.78 is 6.30. The van der Waals surface area contributed by atoms with E-state index in [1.54, 1.807) is 7.05 Å². The molecule has 1 fully saturated rings. The van der Waals surface area contributed by atoms with Gasteiger partial charge in [-0.05, 0) is 12.1 Å². The molecule has 1 aromatic rings. The number of nitrogens with zero attached hydrogens (tertiary/aromatic N) is 1. The van der Waals surface area contributed by atoms with Crippen LogP contribution in [0.2, 0.25) is 0 Å². The molecule has 2 rings (SSSR count). The molecule has 1 atom stereocenters. The summed E-state index contributed by atoms with van der Waals surface area (Å²) in [6.07, 6.45) is 0. The minimum atomic E-state index is -0.363. The number of hydrogen-bond donors (Lipinski definition) is 2. The number of benzene rings is 1. The summed E-state index contributed by atoms with van der Waals surface area (Å²) in [6.45, 7) is 1.50. The van der Waals surface area contributed by atoms with Gasteiger partial charge in [-0.2, -0.15) is 0 Å². The number of ether oxygens (including phenoxy) is 1. The highest BCUT2D eigenvalue weighted by Crippen LogP contribution is 2.28. The molecule has 0 radical (unpaired) electrons. The highest BCUT2D eigenvalue weighted by atomic mass is 79.9. The lowest BCUT2D eigenvalue weighted by atomic mass is 10.1. The average molecular weight is 329 g/mol. The third-order valence-electron chi connectivity index (χ3n) is 3.20. The van der Waals surface area contributed by atoms with Crippen molar-refractivity contribution in [3.63, 3.8) is 0 Å². The Morgan fingerprint density at radius 3 is 3.11 bits per heavy atom. The minimum absolute atomic E-state index is 0.0551. The molecular formula is C13H17BrN2O3. The highest BCUT2D eigenvalue weighted by Gasteiger charge is 2.30. The molecule has 0 saturated carbocycles. The van der Waals surface area contributed by atoms with Gasteiger partial charge < -0.3 is 20.1 Å². The second kappa shape index (κ2) is 6.36. The maximum Gasteiger partial charge on any atom is 0.244 e. The van der Waals surface area contributed by atoms with Gasteiger partial charge in [-0.15, -0.1) is 0 Å². The molecule has 1 amide bonds. The van der Waals surface area contributed by atoms with E-state index >= 15 is 0 Å². The van der Waals surface area contributed by atoms with Crippen LogP contribution in [0.4, 0.5) is 5.69 Å². The first-order valence-electron chi connectivity index (χ1n) is 6.12. The number of hydrogen-bond acceptors (Lipinski definition) is 4. The standard InChI is InChI=1S/C13H17BrN2O3/c1-15-13(18)12-8-19-5-4-16(12)11-6-10(14)3-2-9(11)7-17/h2-3,6,12,17H,4-5,7-8H2,1H3,(H,15,18). The Morgan fingerprint density at radius 1 is 1.63 bits per heavy atom. The Labute approximate surface area is 120 Å². The third kappa shape index (κ3) is 3.08. The van der Waals surface area contributed by atoms with Crippen molar-refractivity contribution < 1.29 is 14.6 Å². The van der Waals surface area contributed by atoms with Gasteiger partial charge in [-0.25, -0.2) is 0 Å². The maximum absolute atomic E-state index is 11.9. The molecule has 6 heteroatoms. The zero-order valence-corrected chi connectivity index (χ0v) is 12.3. The van der Waals surface area contributed by atoms with Crippen molar-refractivity contribution in [3.05, 3.63) is 28.2 Å². The summed E-state index contributed by atoms with van der Waals surface area (Å²) >= 11 is 3.43. The zero-order chi connectivity index (χ0) is 13.8. The van der Waals surface area contributed by atoms with E-state index in [9.17, 15) is 9.90 Å². The molecule has 1 heterocycles. The molecule has 5 nitrogen and oxygen atoms in total. The molecule has 1 aromatic carbocycles. The Bertz CT molecular complexity index is 467. The maximum atomic E-state index is 11.9. The number of amides is 1. The van der Waals surface area contributed by atoms with Crippen molar-refractivity contribution >= 4 is 27.5 Å². The topological polar surface area (TPSA) is 61.8 Å². The van der Waals surface area contributed by atoms with Crippen molar-refractivity contribution in [2.75, 3.05) is 31.7 Å². The van der Waals surface area contributed by atoms with Crippen LogP contribution in [0.5, 0.6) is 0 Å². The molecule has 0 spiro atoms. The lowest BCUT2D eigenvalue weighted by molar-refractivity contribution is -0.124. The van der Waals surface area contributed by atoms with E-state index in [1.165, 1.54) is 0 Å². The van der Waals surface area contributed by atoms with Gasteiger partial charge in [0, 0.05) is 29.3 Å². The number of rotatable bonds is 3. The molecular weight excluding hydrogens is 312 g/mol. The van der Waals surface area contributed by atoms with E-state index in [1.807, 2.05) is 23.1 Å². The van der Waals surface area contributed by atoms with Gasteiger partial charge in [0.15, 0.2) is 0 Å². The van der Waals surface area contributed by atoms with Gasteiger partial charge in [-0.1, -0.05) is 22.0 Å². The summed E-state index contributed by atoms with van der Waals surface area (Å²) in [4.78, 5) is 13.9. The van der Waals surface area contributed by atoms with Crippen LogP contribution in [-0.4, -0.2) is 43.9 Å². The predicted molar refractivity (Wildman–Crippen MR) is 76.1 cm³/mol. The van der Waals surface area contributed by atoms with Crippen molar-refractivity contribution in [1.29, 1.82) is 0 Å². The van der Waals surface area contributed by atoms with E-state index in [0.717, 1.165) is 15.7 Å². The molecule has 0 aliphatic carbocycles. The normalized spacial score (nSPS) is 19.3. The number of nitrogens with one attached hydrogen (secondary N) is 1. The second-order valence-corrected chi connectivity index (χ2v) is 5.25. The van der Waals surface area contributed by atoms with Crippen molar-refractivity contribution in [3.8, 4) is 0 Å².